The Bertz CT molecular complexity index is 1000. The van der Waals surface area contributed by atoms with E-state index in [1.807, 2.05) is 29.6 Å². The van der Waals surface area contributed by atoms with Crippen molar-refractivity contribution in [1.29, 1.82) is 0 Å². The largest absolute Gasteiger partial charge is 0.478 e. The molecule has 3 aromatic rings. The molecule has 2 aromatic carbocycles. The van der Waals surface area contributed by atoms with Gasteiger partial charge in [-0.05, 0) is 29.8 Å². The Morgan fingerprint density at radius 1 is 1.18 bits per heavy atom. The second-order valence-corrected chi connectivity index (χ2v) is 8.03. The number of carboxylic acids is 1. The third kappa shape index (κ3) is 5.66. The van der Waals surface area contributed by atoms with Crippen molar-refractivity contribution in [3.05, 3.63) is 70.1 Å². The van der Waals surface area contributed by atoms with Gasteiger partial charge in [-0.1, -0.05) is 47.6 Å². The Kier molecular flexibility index (Phi) is 6.80. The molecule has 2 N–H and O–H groups in total. The van der Waals surface area contributed by atoms with Gasteiger partial charge in [0.2, 0.25) is 0 Å². The zero-order valence-corrected chi connectivity index (χ0v) is 16.7. The summed E-state index contributed by atoms with van der Waals surface area (Å²) in [5.74, 6) is -1.06. The molecule has 142 valence electrons. The first-order valence-corrected chi connectivity index (χ1v) is 10.2. The average molecular weight is 432 g/mol. The van der Waals surface area contributed by atoms with E-state index in [2.05, 4.69) is 15.5 Å². The van der Waals surface area contributed by atoms with E-state index in [4.69, 9.17) is 16.7 Å². The molecule has 28 heavy (non-hydrogen) atoms. The van der Waals surface area contributed by atoms with Crippen molar-refractivity contribution >= 4 is 52.8 Å². The number of aromatic carboxylic acids is 1. The number of amides is 1. The molecule has 3 rings (SSSR count). The number of aromatic nitrogens is 1. The Morgan fingerprint density at radius 3 is 2.57 bits per heavy atom. The van der Waals surface area contributed by atoms with Gasteiger partial charge < -0.3 is 5.11 Å². The normalized spacial score (nSPS) is 10.9. The first-order valence-electron chi connectivity index (χ1n) is 8.01. The highest BCUT2D eigenvalue weighted by Crippen LogP contribution is 2.28. The SMILES string of the molecule is O=C(CSc1nc(-c2ccc(Cl)cc2)cs1)N/N=C/c1ccc(C(=O)O)cc1. The number of hydrogen-bond donors (Lipinski definition) is 2. The van der Waals surface area contributed by atoms with Crippen molar-refractivity contribution < 1.29 is 14.7 Å². The van der Waals surface area contributed by atoms with Crippen LogP contribution in [0.2, 0.25) is 5.02 Å². The number of thioether (sulfide) groups is 1. The topological polar surface area (TPSA) is 91.7 Å². The number of hydrogen-bond acceptors (Lipinski definition) is 6. The van der Waals surface area contributed by atoms with Crippen molar-refractivity contribution in [2.75, 3.05) is 5.75 Å². The molecule has 0 fully saturated rings. The Labute approximate surface area is 174 Å². The fraction of sp³-hybridized carbons (Fsp3) is 0.0526. The smallest absolute Gasteiger partial charge is 0.335 e. The van der Waals surface area contributed by atoms with Crippen LogP contribution in [0, 0.1) is 0 Å². The van der Waals surface area contributed by atoms with E-state index in [-0.39, 0.29) is 17.2 Å². The standard InChI is InChI=1S/C19H14ClN3O3S2/c20-15-7-5-13(6-8-15)16-10-27-19(22-16)28-11-17(24)23-21-9-12-1-3-14(4-2-12)18(25)26/h1-10H,11H2,(H,23,24)(H,25,26)/b21-9+. The van der Waals surface area contributed by atoms with Gasteiger partial charge >= 0.3 is 5.97 Å². The van der Waals surface area contributed by atoms with E-state index in [0.29, 0.717) is 10.6 Å². The van der Waals surface area contributed by atoms with Crippen molar-refractivity contribution in [2.45, 2.75) is 4.34 Å². The maximum atomic E-state index is 11.9. The maximum Gasteiger partial charge on any atom is 0.335 e. The van der Waals surface area contributed by atoms with E-state index in [0.717, 1.165) is 15.6 Å². The lowest BCUT2D eigenvalue weighted by Crippen LogP contribution is -2.19. The minimum atomic E-state index is -0.991. The highest BCUT2D eigenvalue weighted by Gasteiger charge is 2.08. The highest BCUT2D eigenvalue weighted by atomic mass is 35.5. The van der Waals surface area contributed by atoms with Crippen molar-refractivity contribution in [1.82, 2.24) is 10.4 Å². The van der Waals surface area contributed by atoms with Crippen LogP contribution in [0.5, 0.6) is 0 Å². The second kappa shape index (κ2) is 9.50. The number of rotatable bonds is 7. The zero-order chi connectivity index (χ0) is 19.9. The van der Waals surface area contributed by atoms with Crippen molar-refractivity contribution in [3.63, 3.8) is 0 Å². The van der Waals surface area contributed by atoms with Crippen LogP contribution in [0.25, 0.3) is 11.3 Å². The number of hydrazone groups is 1. The first kappa shape index (κ1) is 20.1. The maximum absolute atomic E-state index is 11.9. The summed E-state index contributed by atoms with van der Waals surface area (Å²) in [6.45, 7) is 0. The number of thiazole rings is 1. The summed E-state index contributed by atoms with van der Waals surface area (Å²) in [6.07, 6.45) is 1.45. The molecular weight excluding hydrogens is 418 g/mol. The molecule has 0 aliphatic carbocycles. The number of nitrogens with zero attached hydrogens (tertiary/aromatic N) is 2. The summed E-state index contributed by atoms with van der Waals surface area (Å²) in [6, 6.07) is 13.6. The number of benzene rings is 2. The van der Waals surface area contributed by atoms with Gasteiger partial charge in [-0.3, -0.25) is 4.79 Å². The van der Waals surface area contributed by atoms with E-state index in [9.17, 15) is 9.59 Å². The lowest BCUT2D eigenvalue weighted by atomic mass is 10.1. The highest BCUT2D eigenvalue weighted by molar-refractivity contribution is 8.01. The molecule has 6 nitrogen and oxygen atoms in total. The molecule has 0 bridgehead atoms. The molecule has 0 aliphatic heterocycles. The minimum absolute atomic E-state index is 0.183. The summed E-state index contributed by atoms with van der Waals surface area (Å²) in [4.78, 5) is 27.2. The fourth-order valence-corrected chi connectivity index (χ4v) is 3.88. The molecule has 0 spiro atoms. The molecule has 0 atom stereocenters. The van der Waals surface area contributed by atoms with Crippen LogP contribution in [0.1, 0.15) is 15.9 Å². The van der Waals surface area contributed by atoms with Gasteiger partial charge in [-0.2, -0.15) is 5.10 Å². The lowest BCUT2D eigenvalue weighted by Gasteiger charge is -1.99. The minimum Gasteiger partial charge on any atom is -0.478 e. The molecule has 0 unspecified atom stereocenters. The third-order valence-electron chi connectivity index (χ3n) is 3.51. The Morgan fingerprint density at radius 2 is 1.89 bits per heavy atom. The predicted octanol–water partition coefficient (Wildman–Crippen LogP) is 4.40. The number of carboxylic acid groups (broad SMARTS) is 1. The Hall–Kier alpha value is -2.68. The van der Waals surface area contributed by atoms with Crippen molar-refractivity contribution in [2.24, 2.45) is 5.10 Å². The third-order valence-corrected chi connectivity index (χ3v) is 5.78. The molecular formula is C19H14ClN3O3S2. The van der Waals surface area contributed by atoms with Gasteiger partial charge in [0.1, 0.15) is 0 Å². The summed E-state index contributed by atoms with van der Waals surface area (Å²) in [5.41, 5.74) is 5.13. The van der Waals surface area contributed by atoms with Gasteiger partial charge in [0.25, 0.3) is 5.91 Å². The van der Waals surface area contributed by atoms with Gasteiger partial charge in [-0.15, -0.1) is 11.3 Å². The molecule has 1 heterocycles. The predicted molar refractivity (Wildman–Crippen MR) is 112 cm³/mol. The second-order valence-electron chi connectivity index (χ2n) is 5.51. The quantitative estimate of drug-likeness (QED) is 0.328. The van der Waals surface area contributed by atoms with E-state index >= 15 is 0 Å². The summed E-state index contributed by atoms with van der Waals surface area (Å²) in [5, 5.41) is 15.3. The molecule has 1 amide bonds. The van der Waals surface area contributed by atoms with Gasteiger partial charge in [0.05, 0.1) is 23.2 Å². The fourth-order valence-electron chi connectivity index (χ4n) is 2.13. The van der Waals surface area contributed by atoms with Gasteiger partial charge in [-0.25, -0.2) is 15.2 Å². The molecule has 9 heteroatoms. The number of carbonyl (C=O) groups is 2. The van der Waals surface area contributed by atoms with E-state index in [1.165, 1.54) is 41.4 Å². The Balaban J connectivity index is 1.48. The van der Waals surface area contributed by atoms with Gasteiger partial charge in [0.15, 0.2) is 4.34 Å². The molecule has 1 aromatic heterocycles. The summed E-state index contributed by atoms with van der Waals surface area (Å²) >= 11 is 8.68. The van der Waals surface area contributed by atoms with Crippen molar-refractivity contribution in [3.8, 4) is 11.3 Å². The van der Waals surface area contributed by atoms with Crippen LogP contribution in [-0.4, -0.2) is 33.9 Å². The molecule has 0 radical (unpaired) electrons. The van der Waals surface area contributed by atoms with E-state index < -0.39 is 5.97 Å². The number of halogens is 1. The van der Waals surface area contributed by atoms with Gasteiger partial charge in [0, 0.05) is 16.0 Å². The average Bonchev–Trinajstić information content (AvgIpc) is 3.16. The summed E-state index contributed by atoms with van der Waals surface area (Å²) in [7, 11) is 0. The monoisotopic (exact) mass is 431 g/mol. The molecule has 0 aliphatic rings. The van der Waals surface area contributed by atoms with Crippen LogP contribution < -0.4 is 5.43 Å². The lowest BCUT2D eigenvalue weighted by molar-refractivity contribution is -0.118. The number of carbonyl (C=O) groups excluding carboxylic acids is 1. The molecule has 0 saturated heterocycles. The first-order chi connectivity index (χ1) is 13.5. The van der Waals surface area contributed by atoms with E-state index in [1.54, 1.807) is 12.1 Å². The van der Waals surface area contributed by atoms with Crippen LogP contribution in [-0.2, 0) is 4.79 Å². The van der Waals surface area contributed by atoms with Crippen LogP contribution in [0.15, 0.2) is 63.4 Å². The molecule has 0 saturated carbocycles. The number of nitrogens with one attached hydrogen (secondary N) is 1. The van der Waals surface area contributed by atoms with Crippen LogP contribution >= 0.6 is 34.7 Å². The van der Waals surface area contributed by atoms with Crippen LogP contribution in [0.4, 0.5) is 0 Å². The summed E-state index contributed by atoms with van der Waals surface area (Å²) < 4.78 is 0.785. The zero-order valence-electron chi connectivity index (χ0n) is 14.3. The van der Waals surface area contributed by atoms with Crippen LogP contribution in [0.3, 0.4) is 0 Å².